The number of likely N-dealkylation sites (N-methyl/N-ethyl adjacent to an activating group) is 2. The number of urea groups is 1. The van der Waals surface area contributed by atoms with Gasteiger partial charge in [0.1, 0.15) is 5.69 Å². The van der Waals surface area contributed by atoms with E-state index in [4.69, 9.17) is 0 Å². The monoisotopic (exact) mass is 343 g/mol. The molecule has 1 aromatic heterocycles. The molecule has 2 aliphatic heterocycles. The van der Waals surface area contributed by atoms with Gasteiger partial charge in [0, 0.05) is 19.7 Å². The van der Waals surface area contributed by atoms with Gasteiger partial charge in [-0.25, -0.2) is 9.37 Å². The average molecular weight is 343 g/mol. The van der Waals surface area contributed by atoms with Crippen molar-refractivity contribution >= 4 is 23.7 Å². The zero-order chi connectivity index (χ0) is 18.6. The summed E-state index contributed by atoms with van der Waals surface area (Å²) in [5.74, 6) is 0.672. The highest BCUT2D eigenvalue weighted by Gasteiger charge is 2.52. The van der Waals surface area contributed by atoms with Crippen LogP contribution in [0.3, 0.4) is 0 Å². The zero-order valence-corrected chi connectivity index (χ0v) is 15.5. The van der Waals surface area contributed by atoms with Crippen molar-refractivity contribution in [3.63, 3.8) is 0 Å². The van der Waals surface area contributed by atoms with Crippen molar-refractivity contribution in [2.24, 2.45) is 4.99 Å². The van der Waals surface area contributed by atoms with Gasteiger partial charge in [0.05, 0.1) is 12.2 Å². The number of aryl methyl sites for hydroxylation is 1. The summed E-state index contributed by atoms with van der Waals surface area (Å²) in [6.45, 7) is 12.2. The van der Waals surface area contributed by atoms with Crippen molar-refractivity contribution in [3.8, 4) is 0 Å². The van der Waals surface area contributed by atoms with E-state index in [-0.39, 0.29) is 11.9 Å². The number of amides is 3. The third kappa shape index (κ3) is 2.40. The quantitative estimate of drug-likeness (QED) is 0.592. The summed E-state index contributed by atoms with van der Waals surface area (Å²) in [6, 6.07) is -1.04. The van der Waals surface area contributed by atoms with Gasteiger partial charge in [-0.15, -0.1) is 9.78 Å². The van der Waals surface area contributed by atoms with E-state index in [1.54, 1.807) is 11.7 Å². The summed E-state index contributed by atoms with van der Waals surface area (Å²) in [5, 5.41) is 4.57. The highest BCUT2D eigenvalue weighted by Crippen LogP contribution is 2.21. The molecule has 132 valence electrons. The lowest BCUT2D eigenvalue weighted by atomic mass is 10.1. The first kappa shape index (κ1) is 17.1. The van der Waals surface area contributed by atoms with Crippen LogP contribution in [0.15, 0.2) is 17.1 Å². The van der Waals surface area contributed by atoms with Gasteiger partial charge in [0.25, 0.3) is 5.91 Å². The molecule has 0 saturated carbocycles. The Morgan fingerprint density at radius 2 is 1.84 bits per heavy atom. The van der Waals surface area contributed by atoms with Gasteiger partial charge in [-0.2, -0.15) is 0 Å². The second-order valence-electron chi connectivity index (χ2n) is 6.70. The predicted molar refractivity (Wildman–Crippen MR) is 93.9 cm³/mol. The molecule has 0 bridgehead atoms. The van der Waals surface area contributed by atoms with E-state index < -0.39 is 6.04 Å². The van der Waals surface area contributed by atoms with Crippen molar-refractivity contribution in [2.45, 2.75) is 33.7 Å². The number of aromatic nitrogens is 2. The lowest BCUT2D eigenvalue weighted by molar-refractivity contribution is -0.529. The molecule has 0 N–H and O–H groups in total. The van der Waals surface area contributed by atoms with Crippen LogP contribution < -0.4 is 0 Å². The van der Waals surface area contributed by atoms with Gasteiger partial charge in [0.2, 0.25) is 11.9 Å². The second kappa shape index (κ2) is 5.65. The largest absolute Gasteiger partial charge is 0.421 e. The van der Waals surface area contributed by atoms with Crippen LogP contribution in [0.25, 0.3) is 0 Å². The van der Waals surface area contributed by atoms with Crippen molar-refractivity contribution in [3.05, 3.63) is 29.1 Å². The number of nitrogens with zero attached hydrogens (tertiary/aromatic N) is 6. The van der Waals surface area contributed by atoms with E-state index in [2.05, 4.69) is 16.7 Å². The summed E-state index contributed by atoms with van der Waals surface area (Å²) < 4.78 is 3.60. The molecule has 3 amide bonds. The maximum absolute atomic E-state index is 12.8. The highest BCUT2D eigenvalue weighted by molar-refractivity contribution is 6.22. The van der Waals surface area contributed by atoms with Crippen LogP contribution in [0.4, 0.5) is 4.79 Å². The third-order valence-corrected chi connectivity index (χ3v) is 4.79. The summed E-state index contributed by atoms with van der Waals surface area (Å²) in [7, 11) is 3.12. The van der Waals surface area contributed by atoms with Gasteiger partial charge in [-0.1, -0.05) is 11.6 Å². The van der Waals surface area contributed by atoms with Gasteiger partial charge in [-0.3, -0.25) is 14.6 Å². The van der Waals surface area contributed by atoms with Gasteiger partial charge >= 0.3 is 12.0 Å². The third-order valence-electron chi connectivity index (χ3n) is 4.79. The normalized spacial score (nSPS) is 20.4. The molecule has 8 heteroatoms. The summed E-state index contributed by atoms with van der Waals surface area (Å²) in [6.07, 6.45) is 0. The number of fused-ring (bicyclic) bond motifs is 1. The Balaban J connectivity index is 2.22. The molecular weight excluding hydrogens is 320 g/mol. The predicted octanol–water partition coefficient (Wildman–Crippen LogP) is 0.906. The molecule has 1 aromatic rings. The first-order chi connectivity index (χ1) is 11.6. The number of hydrogen-bond acceptors (Lipinski definition) is 4. The van der Waals surface area contributed by atoms with E-state index in [1.165, 1.54) is 11.9 Å². The number of rotatable bonds is 2. The molecule has 1 saturated heterocycles. The van der Waals surface area contributed by atoms with E-state index >= 15 is 0 Å². The maximum atomic E-state index is 12.8. The van der Waals surface area contributed by atoms with Gasteiger partial charge in [0.15, 0.2) is 0 Å². The minimum Gasteiger partial charge on any atom is -0.270 e. The van der Waals surface area contributed by atoms with Crippen molar-refractivity contribution in [2.75, 3.05) is 20.6 Å². The Hall–Kier alpha value is -2.77. The Kier molecular flexibility index (Phi) is 3.85. The highest BCUT2D eigenvalue weighted by atomic mass is 16.2. The molecule has 25 heavy (non-hydrogen) atoms. The average Bonchev–Trinajstić information content (AvgIpc) is 3.03. The molecule has 0 spiro atoms. The Labute approximate surface area is 146 Å². The van der Waals surface area contributed by atoms with Crippen molar-refractivity contribution < 1.29 is 14.2 Å². The molecule has 3 heterocycles. The smallest absolute Gasteiger partial charge is 0.270 e. The minimum absolute atomic E-state index is 0.295. The fourth-order valence-electron chi connectivity index (χ4n) is 3.12. The molecule has 8 nitrogen and oxygen atoms in total. The van der Waals surface area contributed by atoms with Crippen LogP contribution in [0, 0.1) is 20.8 Å². The Bertz CT molecular complexity index is 876. The SMILES string of the molecule is C=C(C)C[N+]1=C(n2nc(C)c(C)c2C)N=C2C1C(=O)N(C)C(=O)N2C. The van der Waals surface area contributed by atoms with Gasteiger partial charge in [-0.05, 0) is 33.3 Å². The fraction of sp³-hybridized carbons (Fsp3) is 0.471. The lowest BCUT2D eigenvalue weighted by Crippen LogP contribution is -2.61. The van der Waals surface area contributed by atoms with Crippen LogP contribution >= 0.6 is 0 Å². The van der Waals surface area contributed by atoms with E-state index in [9.17, 15) is 9.59 Å². The number of carbonyl (C=O) groups is 2. The van der Waals surface area contributed by atoms with Crippen LogP contribution in [-0.4, -0.2) is 74.6 Å². The number of amidine groups is 1. The molecule has 1 fully saturated rings. The lowest BCUT2D eigenvalue weighted by Gasteiger charge is -2.31. The minimum atomic E-state index is -0.649. The van der Waals surface area contributed by atoms with E-state index in [1.807, 2.05) is 32.3 Å². The zero-order valence-electron chi connectivity index (χ0n) is 15.5. The number of aliphatic imine (C=N–C) groups is 1. The molecule has 3 rings (SSSR count). The van der Waals surface area contributed by atoms with Crippen LogP contribution in [0.2, 0.25) is 0 Å². The van der Waals surface area contributed by atoms with E-state index in [0.29, 0.717) is 18.3 Å². The van der Waals surface area contributed by atoms with Crippen LogP contribution in [0.1, 0.15) is 23.9 Å². The first-order valence-corrected chi connectivity index (χ1v) is 8.10. The molecule has 0 aromatic carbocycles. The van der Waals surface area contributed by atoms with Crippen molar-refractivity contribution in [1.82, 2.24) is 19.6 Å². The van der Waals surface area contributed by atoms with Crippen molar-refractivity contribution in [1.29, 1.82) is 0 Å². The second-order valence-corrected chi connectivity index (χ2v) is 6.70. The first-order valence-electron chi connectivity index (χ1n) is 8.10. The van der Waals surface area contributed by atoms with Crippen LogP contribution in [-0.2, 0) is 4.79 Å². The fourth-order valence-corrected chi connectivity index (χ4v) is 3.12. The molecule has 1 atom stereocenters. The molecule has 0 aliphatic carbocycles. The molecule has 2 aliphatic rings. The Morgan fingerprint density at radius 3 is 2.36 bits per heavy atom. The summed E-state index contributed by atoms with van der Waals surface area (Å²) in [5.41, 5.74) is 3.83. The number of hydrogen-bond donors (Lipinski definition) is 0. The van der Waals surface area contributed by atoms with Crippen LogP contribution in [0.5, 0.6) is 0 Å². The summed E-state index contributed by atoms with van der Waals surface area (Å²) >= 11 is 0. The number of imide groups is 1. The molecule has 1 unspecified atom stereocenters. The molecule has 0 radical (unpaired) electrons. The Morgan fingerprint density at radius 1 is 1.20 bits per heavy atom. The van der Waals surface area contributed by atoms with Gasteiger partial charge < -0.3 is 0 Å². The number of carbonyl (C=O) groups excluding carboxylic acids is 2. The summed E-state index contributed by atoms with van der Waals surface area (Å²) in [4.78, 5) is 32.2. The topological polar surface area (TPSA) is 73.8 Å². The van der Waals surface area contributed by atoms with E-state index in [0.717, 1.165) is 27.4 Å². The standard InChI is InChI=1S/C17H23N6O2/c1-9(2)8-22-13-14(20(6)17(25)21(7)15(13)24)18-16(22)23-12(5)10(3)11(4)19-23/h13H,1,8H2,2-7H3/q+1. The molecular formula is C17H23N6O2+. The maximum Gasteiger partial charge on any atom is 0.421 e.